The smallest absolute Gasteiger partial charge is 0.240 e. The van der Waals surface area contributed by atoms with Gasteiger partial charge in [-0.25, -0.2) is 13.1 Å². The van der Waals surface area contributed by atoms with Gasteiger partial charge in [0, 0.05) is 20.2 Å². The van der Waals surface area contributed by atoms with E-state index in [1.807, 2.05) is 26.1 Å². The van der Waals surface area contributed by atoms with Crippen LogP contribution < -0.4 is 10.0 Å². The summed E-state index contributed by atoms with van der Waals surface area (Å²) in [5, 5.41) is 3.01. The van der Waals surface area contributed by atoms with Crippen molar-refractivity contribution in [2.45, 2.75) is 31.4 Å². The molecule has 0 aliphatic carbocycles. The first kappa shape index (κ1) is 16.1. The molecule has 5 nitrogen and oxygen atoms in total. The van der Waals surface area contributed by atoms with Gasteiger partial charge in [-0.05, 0) is 38.1 Å². The van der Waals surface area contributed by atoms with Crippen LogP contribution in [0.15, 0.2) is 23.1 Å². The van der Waals surface area contributed by atoms with E-state index >= 15 is 0 Å². The number of methoxy groups -OCH3 is 1. The second kappa shape index (κ2) is 7.00. The van der Waals surface area contributed by atoms with Crippen LogP contribution in [-0.2, 0) is 21.3 Å². The molecule has 0 heterocycles. The third-order valence-corrected chi connectivity index (χ3v) is 4.45. The average molecular weight is 286 g/mol. The highest BCUT2D eigenvalue weighted by Crippen LogP contribution is 2.17. The maximum Gasteiger partial charge on any atom is 0.240 e. The van der Waals surface area contributed by atoms with Gasteiger partial charge < -0.3 is 10.1 Å². The zero-order chi connectivity index (χ0) is 14.5. The molecule has 1 unspecified atom stereocenters. The summed E-state index contributed by atoms with van der Waals surface area (Å²) in [6, 6.07) is 5.44. The van der Waals surface area contributed by atoms with Crippen molar-refractivity contribution in [3.63, 3.8) is 0 Å². The van der Waals surface area contributed by atoms with Gasteiger partial charge in [-0.3, -0.25) is 0 Å². The van der Waals surface area contributed by atoms with Crippen molar-refractivity contribution in [1.29, 1.82) is 0 Å². The molecule has 0 spiro atoms. The Morgan fingerprint density at radius 3 is 2.63 bits per heavy atom. The van der Waals surface area contributed by atoms with Crippen LogP contribution in [0.2, 0.25) is 0 Å². The molecule has 0 fully saturated rings. The molecule has 0 bridgehead atoms. The number of nitrogens with one attached hydrogen (secondary N) is 2. The Kier molecular flexibility index (Phi) is 5.93. The first-order valence-corrected chi connectivity index (χ1v) is 7.65. The molecule has 0 aromatic heterocycles. The van der Waals surface area contributed by atoms with Crippen LogP contribution in [0.25, 0.3) is 0 Å². The second-order valence-corrected chi connectivity index (χ2v) is 6.26. The summed E-state index contributed by atoms with van der Waals surface area (Å²) in [6.45, 7) is 4.50. The highest BCUT2D eigenvalue weighted by molar-refractivity contribution is 7.89. The predicted octanol–water partition coefficient (Wildman–Crippen LogP) is 1.03. The van der Waals surface area contributed by atoms with E-state index in [1.54, 1.807) is 20.1 Å². The zero-order valence-electron chi connectivity index (χ0n) is 11.9. The molecule has 1 aromatic carbocycles. The van der Waals surface area contributed by atoms with Crippen molar-refractivity contribution in [2.24, 2.45) is 0 Å². The summed E-state index contributed by atoms with van der Waals surface area (Å²) < 4.78 is 32.1. The van der Waals surface area contributed by atoms with Crippen LogP contribution in [0.5, 0.6) is 0 Å². The van der Waals surface area contributed by atoms with Crippen molar-refractivity contribution >= 4 is 10.0 Å². The Bertz CT molecular complexity index is 515. The van der Waals surface area contributed by atoms with E-state index in [0.717, 1.165) is 11.1 Å². The van der Waals surface area contributed by atoms with E-state index in [1.165, 1.54) is 0 Å². The maximum atomic E-state index is 12.2. The number of sulfonamides is 1. The standard InChI is InChI=1S/C13H22N2O3S/c1-10-5-6-12(9-14-3)7-13(10)19(16,17)15-8-11(2)18-4/h5-7,11,14-15H,8-9H2,1-4H3. The Hall–Kier alpha value is -0.950. The summed E-state index contributed by atoms with van der Waals surface area (Å²) in [6.07, 6.45) is -0.157. The van der Waals surface area contributed by atoms with Crippen LogP contribution in [-0.4, -0.2) is 35.2 Å². The molecule has 19 heavy (non-hydrogen) atoms. The Balaban J connectivity index is 2.96. The number of hydrogen-bond acceptors (Lipinski definition) is 4. The average Bonchev–Trinajstić information content (AvgIpc) is 2.38. The number of benzene rings is 1. The molecular formula is C13H22N2O3S. The molecule has 1 atom stereocenters. The van der Waals surface area contributed by atoms with Gasteiger partial charge in [0.2, 0.25) is 10.0 Å². The minimum Gasteiger partial charge on any atom is -0.380 e. The van der Waals surface area contributed by atoms with Crippen LogP contribution in [0, 0.1) is 6.92 Å². The Morgan fingerprint density at radius 2 is 2.05 bits per heavy atom. The lowest BCUT2D eigenvalue weighted by atomic mass is 10.1. The fourth-order valence-corrected chi connectivity index (χ4v) is 3.04. The molecule has 0 aliphatic rings. The number of ether oxygens (including phenoxy) is 1. The second-order valence-electron chi connectivity index (χ2n) is 4.53. The van der Waals surface area contributed by atoms with Crippen LogP contribution in [0.1, 0.15) is 18.1 Å². The van der Waals surface area contributed by atoms with E-state index in [2.05, 4.69) is 10.0 Å². The Labute approximate surface area is 115 Å². The topological polar surface area (TPSA) is 67.4 Å². The van der Waals surface area contributed by atoms with Crippen molar-refractivity contribution in [2.75, 3.05) is 20.7 Å². The van der Waals surface area contributed by atoms with Crippen molar-refractivity contribution in [1.82, 2.24) is 10.0 Å². The molecule has 0 radical (unpaired) electrons. The van der Waals surface area contributed by atoms with Gasteiger partial charge in [-0.2, -0.15) is 0 Å². The van der Waals surface area contributed by atoms with Gasteiger partial charge in [0.1, 0.15) is 0 Å². The molecule has 0 amide bonds. The van der Waals surface area contributed by atoms with Gasteiger partial charge in [0.25, 0.3) is 0 Å². The summed E-state index contributed by atoms with van der Waals surface area (Å²) in [5.74, 6) is 0. The number of aryl methyl sites for hydroxylation is 1. The summed E-state index contributed by atoms with van der Waals surface area (Å²) in [4.78, 5) is 0.323. The number of rotatable bonds is 7. The number of hydrogen-bond donors (Lipinski definition) is 2. The summed E-state index contributed by atoms with van der Waals surface area (Å²) >= 11 is 0. The normalized spacial score (nSPS) is 13.5. The fourth-order valence-electron chi connectivity index (χ4n) is 1.64. The SMILES string of the molecule is CNCc1ccc(C)c(S(=O)(=O)NCC(C)OC)c1. The fraction of sp³-hybridized carbons (Fsp3) is 0.538. The third-order valence-electron chi connectivity index (χ3n) is 2.89. The highest BCUT2D eigenvalue weighted by Gasteiger charge is 2.18. The first-order valence-electron chi connectivity index (χ1n) is 6.17. The predicted molar refractivity (Wildman–Crippen MR) is 75.6 cm³/mol. The van der Waals surface area contributed by atoms with Crippen LogP contribution >= 0.6 is 0 Å². The highest BCUT2D eigenvalue weighted by atomic mass is 32.2. The van der Waals surface area contributed by atoms with E-state index in [9.17, 15) is 8.42 Å². The molecule has 2 N–H and O–H groups in total. The maximum absolute atomic E-state index is 12.2. The molecule has 108 valence electrons. The van der Waals surface area contributed by atoms with Gasteiger partial charge in [-0.15, -0.1) is 0 Å². The van der Waals surface area contributed by atoms with Crippen LogP contribution in [0.3, 0.4) is 0 Å². The van der Waals surface area contributed by atoms with Gasteiger partial charge in [0.15, 0.2) is 0 Å². The lowest BCUT2D eigenvalue weighted by Crippen LogP contribution is -2.32. The molecule has 0 saturated heterocycles. The largest absolute Gasteiger partial charge is 0.380 e. The van der Waals surface area contributed by atoms with E-state index in [-0.39, 0.29) is 12.6 Å². The van der Waals surface area contributed by atoms with Crippen molar-refractivity contribution in [3.8, 4) is 0 Å². The van der Waals surface area contributed by atoms with Crippen molar-refractivity contribution < 1.29 is 13.2 Å². The van der Waals surface area contributed by atoms with E-state index < -0.39 is 10.0 Å². The van der Waals surface area contributed by atoms with E-state index in [0.29, 0.717) is 11.4 Å². The molecular weight excluding hydrogens is 264 g/mol. The minimum atomic E-state index is -3.49. The first-order chi connectivity index (χ1) is 8.90. The Morgan fingerprint density at radius 1 is 1.37 bits per heavy atom. The zero-order valence-corrected chi connectivity index (χ0v) is 12.7. The minimum absolute atomic E-state index is 0.157. The summed E-state index contributed by atoms with van der Waals surface area (Å²) in [7, 11) is -0.115. The summed E-state index contributed by atoms with van der Waals surface area (Å²) in [5.41, 5.74) is 1.67. The molecule has 1 rings (SSSR count). The van der Waals surface area contributed by atoms with Gasteiger partial charge in [-0.1, -0.05) is 12.1 Å². The molecule has 0 saturated carbocycles. The monoisotopic (exact) mass is 286 g/mol. The van der Waals surface area contributed by atoms with E-state index in [4.69, 9.17) is 4.74 Å². The molecule has 1 aromatic rings. The lowest BCUT2D eigenvalue weighted by molar-refractivity contribution is 0.122. The van der Waals surface area contributed by atoms with Crippen molar-refractivity contribution in [3.05, 3.63) is 29.3 Å². The van der Waals surface area contributed by atoms with Gasteiger partial charge >= 0.3 is 0 Å². The van der Waals surface area contributed by atoms with Crippen LogP contribution in [0.4, 0.5) is 0 Å². The third kappa shape index (κ3) is 4.58. The lowest BCUT2D eigenvalue weighted by Gasteiger charge is -2.13. The van der Waals surface area contributed by atoms with Gasteiger partial charge in [0.05, 0.1) is 11.0 Å². The quantitative estimate of drug-likeness (QED) is 0.785. The molecule has 6 heteroatoms. The molecule has 0 aliphatic heterocycles.